The molecule has 0 spiro atoms. The summed E-state index contributed by atoms with van der Waals surface area (Å²) in [6.07, 6.45) is 0. The lowest BCUT2D eigenvalue weighted by Gasteiger charge is -2.17. The largest absolute Gasteiger partial charge is 0.497 e. The number of carbonyl (C=O) groups excluding carboxylic acids is 1. The Bertz CT molecular complexity index is 932. The maximum Gasteiger partial charge on any atom is 0.277 e. The van der Waals surface area contributed by atoms with Crippen LogP contribution in [0, 0.1) is 5.82 Å². The molecule has 0 N–H and O–H groups in total. The maximum absolute atomic E-state index is 13.8. The van der Waals surface area contributed by atoms with Crippen molar-refractivity contribution in [3.63, 3.8) is 0 Å². The Morgan fingerprint density at radius 1 is 1.22 bits per heavy atom. The van der Waals surface area contributed by atoms with E-state index in [0.717, 1.165) is 23.1 Å². The van der Waals surface area contributed by atoms with E-state index >= 15 is 0 Å². The van der Waals surface area contributed by atoms with Crippen molar-refractivity contribution in [1.82, 2.24) is 15.1 Å². The summed E-state index contributed by atoms with van der Waals surface area (Å²) < 4.78 is 24.4. The van der Waals surface area contributed by atoms with Crippen LogP contribution in [-0.2, 0) is 11.3 Å². The standard InChI is InChI=1S/C19H18FN3O3S/c1-23(11-13-6-5-7-14(10-13)25-2)17(24)12-27-19-22-21-18(26-19)15-8-3-4-9-16(15)20/h3-10H,11-12H2,1-2H3. The summed E-state index contributed by atoms with van der Waals surface area (Å²) in [5, 5.41) is 7.92. The Kier molecular flexibility index (Phi) is 6.08. The smallest absolute Gasteiger partial charge is 0.277 e. The van der Waals surface area contributed by atoms with Crippen LogP contribution in [-0.4, -0.2) is 40.9 Å². The van der Waals surface area contributed by atoms with Gasteiger partial charge in [0.1, 0.15) is 11.6 Å². The number of ether oxygens (including phenoxy) is 1. The highest BCUT2D eigenvalue weighted by molar-refractivity contribution is 7.99. The molecule has 27 heavy (non-hydrogen) atoms. The number of benzene rings is 2. The number of aromatic nitrogens is 2. The Morgan fingerprint density at radius 3 is 2.81 bits per heavy atom. The lowest BCUT2D eigenvalue weighted by atomic mass is 10.2. The van der Waals surface area contributed by atoms with E-state index in [1.54, 1.807) is 37.3 Å². The second-order valence-electron chi connectivity index (χ2n) is 5.74. The first-order valence-corrected chi connectivity index (χ1v) is 9.13. The zero-order chi connectivity index (χ0) is 19.2. The highest BCUT2D eigenvalue weighted by atomic mass is 32.2. The van der Waals surface area contributed by atoms with Crippen LogP contribution in [0.25, 0.3) is 11.5 Å². The molecule has 140 valence electrons. The van der Waals surface area contributed by atoms with Gasteiger partial charge in [-0.1, -0.05) is 36.0 Å². The number of carbonyl (C=O) groups is 1. The Labute approximate surface area is 160 Å². The maximum atomic E-state index is 13.8. The van der Waals surface area contributed by atoms with Crippen LogP contribution in [0.1, 0.15) is 5.56 Å². The third-order valence-corrected chi connectivity index (χ3v) is 4.61. The zero-order valence-electron chi connectivity index (χ0n) is 14.9. The Balaban J connectivity index is 1.56. The molecule has 6 nitrogen and oxygen atoms in total. The summed E-state index contributed by atoms with van der Waals surface area (Å²) in [6.45, 7) is 0.459. The van der Waals surface area contributed by atoms with E-state index < -0.39 is 5.82 Å². The van der Waals surface area contributed by atoms with Crippen LogP contribution in [0.5, 0.6) is 5.75 Å². The molecular formula is C19H18FN3O3S. The molecule has 0 aliphatic heterocycles. The number of hydrogen-bond donors (Lipinski definition) is 0. The molecule has 0 radical (unpaired) electrons. The second kappa shape index (κ2) is 8.68. The van der Waals surface area contributed by atoms with Crippen molar-refractivity contribution in [2.24, 2.45) is 0 Å². The third-order valence-electron chi connectivity index (χ3n) is 3.81. The molecule has 3 rings (SSSR count). The number of hydrogen-bond acceptors (Lipinski definition) is 6. The Hall–Kier alpha value is -2.87. The molecule has 0 fully saturated rings. The monoisotopic (exact) mass is 387 g/mol. The summed E-state index contributed by atoms with van der Waals surface area (Å²) in [5.41, 5.74) is 1.20. The van der Waals surface area contributed by atoms with Crippen LogP contribution in [0.3, 0.4) is 0 Å². The van der Waals surface area contributed by atoms with Crippen molar-refractivity contribution in [2.75, 3.05) is 19.9 Å². The van der Waals surface area contributed by atoms with Gasteiger partial charge >= 0.3 is 0 Å². The summed E-state index contributed by atoms with van der Waals surface area (Å²) >= 11 is 1.12. The van der Waals surface area contributed by atoms with Crippen molar-refractivity contribution >= 4 is 17.7 Å². The Morgan fingerprint density at radius 2 is 2.04 bits per heavy atom. The van der Waals surface area contributed by atoms with Gasteiger partial charge in [-0.2, -0.15) is 0 Å². The van der Waals surface area contributed by atoms with Crippen LogP contribution >= 0.6 is 11.8 Å². The predicted octanol–water partition coefficient (Wildman–Crippen LogP) is 3.64. The molecular weight excluding hydrogens is 369 g/mol. The minimum atomic E-state index is -0.438. The molecule has 3 aromatic rings. The van der Waals surface area contributed by atoms with Gasteiger partial charge in [0.25, 0.3) is 11.1 Å². The zero-order valence-corrected chi connectivity index (χ0v) is 15.7. The van der Waals surface area contributed by atoms with E-state index in [-0.39, 0.29) is 28.3 Å². The van der Waals surface area contributed by atoms with Gasteiger partial charge < -0.3 is 14.1 Å². The first-order valence-electron chi connectivity index (χ1n) is 8.15. The molecule has 0 unspecified atom stereocenters. The highest BCUT2D eigenvalue weighted by Crippen LogP contribution is 2.25. The summed E-state index contributed by atoms with van der Waals surface area (Å²) in [7, 11) is 3.32. The van der Waals surface area contributed by atoms with E-state index in [0.29, 0.717) is 6.54 Å². The average Bonchev–Trinajstić information content (AvgIpc) is 3.15. The number of amides is 1. The van der Waals surface area contributed by atoms with Gasteiger partial charge in [0.05, 0.1) is 18.4 Å². The van der Waals surface area contributed by atoms with Crippen molar-refractivity contribution < 1.29 is 18.3 Å². The predicted molar refractivity (Wildman–Crippen MR) is 99.9 cm³/mol. The minimum Gasteiger partial charge on any atom is -0.497 e. The topological polar surface area (TPSA) is 68.5 Å². The number of halogens is 1. The lowest BCUT2D eigenvalue weighted by molar-refractivity contribution is -0.127. The fourth-order valence-electron chi connectivity index (χ4n) is 2.38. The van der Waals surface area contributed by atoms with E-state index in [4.69, 9.17) is 9.15 Å². The molecule has 0 bridgehead atoms. The SMILES string of the molecule is COc1cccc(CN(C)C(=O)CSc2nnc(-c3ccccc3F)o2)c1. The van der Waals surface area contributed by atoms with Gasteiger partial charge in [-0.3, -0.25) is 4.79 Å². The van der Waals surface area contributed by atoms with Crippen molar-refractivity contribution in [3.8, 4) is 17.2 Å². The van der Waals surface area contributed by atoms with Crippen LogP contribution in [0.15, 0.2) is 58.2 Å². The molecule has 0 aliphatic carbocycles. The van der Waals surface area contributed by atoms with Gasteiger partial charge in [-0.25, -0.2) is 4.39 Å². The van der Waals surface area contributed by atoms with Gasteiger partial charge in [0, 0.05) is 13.6 Å². The second-order valence-corrected chi connectivity index (χ2v) is 6.67. The van der Waals surface area contributed by atoms with E-state index in [1.165, 1.54) is 6.07 Å². The average molecular weight is 387 g/mol. The normalized spacial score (nSPS) is 10.6. The summed E-state index contributed by atoms with van der Waals surface area (Å²) in [6, 6.07) is 13.7. The van der Waals surface area contributed by atoms with Crippen molar-refractivity contribution in [1.29, 1.82) is 0 Å². The molecule has 0 saturated heterocycles. The fourth-order valence-corrected chi connectivity index (χ4v) is 3.08. The quantitative estimate of drug-likeness (QED) is 0.577. The number of nitrogens with zero attached hydrogens (tertiary/aromatic N) is 3. The minimum absolute atomic E-state index is 0.0894. The van der Waals surface area contributed by atoms with Crippen LogP contribution in [0.2, 0.25) is 0 Å². The van der Waals surface area contributed by atoms with Crippen molar-refractivity contribution in [3.05, 3.63) is 59.9 Å². The van der Waals surface area contributed by atoms with Gasteiger partial charge in [0.15, 0.2) is 0 Å². The van der Waals surface area contributed by atoms with Gasteiger partial charge in [-0.15, -0.1) is 10.2 Å². The molecule has 0 atom stereocenters. The molecule has 1 aromatic heterocycles. The fraction of sp³-hybridized carbons (Fsp3) is 0.211. The number of rotatable bonds is 7. The molecule has 1 amide bonds. The van der Waals surface area contributed by atoms with E-state index in [9.17, 15) is 9.18 Å². The van der Waals surface area contributed by atoms with Crippen molar-refractivity contribution in [2.45, 2.75) is 11.8 Å². The van der Waals surface area contributed by atoms with E-state index in [1.807, 2.05) is 24.3 Å². The van der Waals surface area contributed by atoms with Gasteiger partial charge in [-0.05, 0) is 29.8 Å². The molecule has 2 aromatic carbocycles. The number of thioether (sulfide) groups is 1. The molecule has 8 heteroatoms. The summed E-state index contributed by atoms with van der Waals surface area (Å²) in [4.78, 5) is 13.9. The first kappa shape index (κ1) is 18.9. The van der Waals surface area contributed by atoms with Gasteiger partial charge in [0.2, 0.25) is 5.91 Å². The number of methoxy groups -OCH3 is 1. The lowest BCUT2D eigenvalue weighted by Crippen LogP contribution is -2.27. The molecule has 0 saturated carbocycles. The summed E-state index contributed by atoms with van der Waals surface area (Å²) in [5.74, 6) is 0.446. The molecule has 0 aliphatic rings. The third kappa shape index (κ3) is 4.85. The van der Waals surface area contributed by atoms with Crippen LogP contribution in [0.4, 0.5) is 4.39 Å². The van der Waals surface area contributed by atoms with E-state index in [2.05, 4.69) is 10.2 Å². The molecule has 1 heterocycles. The first-order chi connectivity index (χ1) is 13.1. The highest BCUT2D eigenvalue weighted by Gasteiger charge is 2.16. The van der Waals surface area contributed by atoms with Crippen LogP contribution < -0.4 is 4.74 Å².